The molecule has 0 aromatic heterocycles. The summed E-state index contributed by atoms with van der Waals surface area (Å²) >= 11 is 0. The first-order valence-electron chi connectivity index (χ1n) is 8.36. The summed E-state index contributed by atoms with van der Waals surface area (Å²) in [6.45, 7) is 4.38. The number of nitrogens with zero attached hydrogens (tertiary/aromatic N) is 1. The fraction of sp³-hybridized carbons (Fsp3) is 0.316. The predicted octanol–water partition coefficient (Wildman–Crippen LogP) is 2.03. The van der Waals surface area contributed by atoms with Crippen molar-refractivity contribution in [2.24, 2.45) is 5.14 Å². The van der Waals surface area contributed by atoms with E-state index in [4.69, 9.17) is 5.14 Å². The van der Waals surface area contributed by atoms with Crippen LogP contribution in [-0.2, 0) is 21.4 Å². The van der Waals surface area contributed by atoms with Gasteiger partial charge in [0.15, 0.2) is 0 Å². The zero-order chi connectivity index (χ0) is 19.3. The number of benzene rings is 2. The van der Waals surface area contributed by atoms with Crippen LogP contribution in [0.15, 0.2) is 59.5 Å². The molecule has 2 aromatic carbocycles. The lowest BCUT2D eigenvalue weighted by Gasteiger charge is -2.25. The minimum Gasteiger partial charge on any atom is -0.348 e. The number of hydrogen-bond acceptors (Lipinski definition) is 4. The highest BCUT2D eigenvalue weighted by atomic mass is 32.2. The molecule has 0 aliphatic carbocycles. The molecule has 2 aromatic rings. The largest absolute Gasteiger partial charge is 0.348 e. The van der Waals surface area contributed by atoms with Gasteiger partial charge < -0.3 is 5.32 Å². The minimum absolute atomic E-state index is 0.0516. The second-order valence-corrected chi connectivity index (χ2v) is 7.98. The van der Waals surface area contributed by atoms with E-state index in [0.717, 1.165) is 11.1 Å². The summed E-state index contributed by atoms with van der Waals surface area (Å²) in [6, 6.07) is 15.6. The Morgan fingerprint density at radius 3 is 2.19 bits per heavy atom. The first kappa shape index (κ1) is 20.1. The zero-order valence-electron chi connectivity index (χ0n) is 15.2. The van der Waals surface area contributed by atoms with Crippen LogP contribution in [0.25, 0.3) is 0 Å². The fourth-order valence-electron chi connectivity index (χ4n) is 2.57. The monoisotopic (exact) mass is 375 g/mol. The molecule has 3 N–H and O–H groups in total. The van der Waals surface area contributed by atoms with Gasteiger partial charge in [0.05, 0.1) is 17.0 Å². The predicted molar refractivity (Wildman–Crippen MR) is 102 cm³/mol. The van der Waals surface area contributed by atoms with Crippen LogP contribution >= 0.6 is 0 Å². The third kappa shape index (κ3) is 5.39. The van der Waals surface area contributed by atoms with Crippen LogP contribution in [-0.4, -0.2) is 32.3 Å². The molecule has 0 unspecified atom stereocenters. The van der Waals surface area contributed by atoms with Gasteiger partial charge in [-0.25, -0.2) is 13.6 Å². The van der Waals surface area contributed by atoms with Crippen molar-refractivity contribution >= 4 is 15.9 Å². The molecule has 0 saturated heterocycles. The number of rotatable bonds is 7. The summed E-state index contributed by atoms with van der Waals surface area (Å²) in [5, 5.41) is 8.06. The average molecular weight is 375 g/mol. The van der Waals surface area contributed by atoms with Crippen LogP contribution in [0.1, 0.15) is 31.0 Å². The first-order valence-corrected chi connectivity index (χ1v) is 9.90. The Morgan fingerprint density at radius 1 is 1.08 bits per heavy atom. The van der Waals surface area contributed by atoms with Gasteiger partial charge >= 0.3 is 0 Å². The number of nitrogens with one attached hydrogen (secondary N) is 1. The summed E-state index contributed by atoms with van der Waals surface area (Å²) in [5.74, 6) is -0.0912. The lowest BCUT2D eigenvalue weighted by atomic mass is 10.1. The number of amides is 1. The van der Waals surface area contributed by atoms with Gasteiger partial charge in [0, 0.05) is 6.54 Å². The highest BCUT2D eigenvalue weighted by Gasteiger charge is 2.20. The lowest BCUT2D eigenvalue weighted by molar-refractivity contribution is -0.126. The zero-order valence-corrected chi connectivity index (χ0v) is 16.0. The highest BCUT2D eigenvalue weighted by Crippen LogP contribution is 2.16. The average Bonchev–Trinajstić information content (AvgIpc) is 2.61. The van der Waals surface area contributed by atoms with Gasteiger partial charge in [-0.3, -0.25) is 9.69 Å². The van der Waals surface area contributed by atoms with Crippen LogP contribution in [0.4, 0.5) is 0 Å². The molecule has 26 heavy (non-hydrogen) atoms. The number of carbonyl (C=O) groups excluding carboxylic acids is 1. The maximum atomic E-state index is 12.5. The van der Waals surface area contributed by atoms with Gasteiger partial charge in [-0.1, -0.05) is 42.5 Å². The van der Waals surface area contributed by atoms with Crippen LogP contribution in [0.5, 0.6) is 0 Å². The van der Waals surface area contributed by atoms with Crippen LogP contribution in [0.3, 0.4) is 0 Å². The fourth-order valence-corrected chi connectivity index (χ4v) is 3.09. The van der Waals surface area contributed by atoms with Crippen molar-refractivity contribution in [3.05, 3.63) is 65.7 Å². The van der Waals surface area contributed by atoms with Gasteiger partial charge in [0.25, 0.3) is 0 Å². The molecule has 0 heterocycles. The van der Waals surface area contributed by atoms with E-state index in [1.165, 1.54) is 12.1 Å². The third-order valence-corrected chi connectivity index (χ3v) is 5.31. The second kappa shape index (κ2) is 8.44. The van der Waals surface area contributed by atoms with Crippen LogP contribution in [0, 0.1) is 0 Å². The summed E-state index contributed by atoms with van der Waals surface area (Å²) in [5.41, 5.74) is 1.95. The SMILES string of the molecule is C[C@H](NC(=O)[C@H](C)N(C)Cc1ccccc1)c1ccc(S(N)(=O)=O)cc1. The molecule has 140 valence electrons. The molecule has 7 heteroatoms. The molecule has 0 bridgehead atoms. The van der Waals surface area contributed by atoms with Crippen molar-refractivity contribution in [2.45, 2.75) is 37.4 Å². The van der Waals surface area contributed by atoms with Gasteiger partial charge in [-0.2, -0.15) is 0 Å². The molecule has 0 fully saturated rings. The van der Waals surface area contributed by atoms with Crippen LogP contribution in [0.2, 0.25) is 0 Å². The van der Waals surface area contributed by atoms with Gasteiger partial charge in [-0.05, 0) is 44.2 Å². The first-order chi connectivity index (χ1) is 12.2. The maximum Gasteiger partial charge on any atom is 0.238 e. The molecule has 2 atom stereocenters. The number of primary sulfonamides is 1. The topological polar surface area (TPSA) is 92.5 Å². The molecule has 0 radical (unpaired) electrons. The summed E-state index contributed by atoms with van der Waals surface area (Å²) in [4.78, 5) is 14.5. The van der Waals surface area contributed by atoms with Crippen molar-refractivity contribution in [1.82, 2.24) is 10.2 Å². The quantitative estimate of drug-likeness (QED) is 0.774. The van der Waals surface area contributed by atoms with Crippen molar-refractivity contribution in [2.75, 3.05) is 7.05 Å². The number of hydrogen-bond donors (Lipinski definition) is 2. The molecule has 0 aliphatic heterocycles. The minimum atomic E-state index is -3.72. The Kier molecular flexibility index (Phi) is 6.52. The van der Waals surface area contributed by atoms with Crippen molar-refractivity contribution in [3.63, 3.8) is 0 Å². The Labute approximate surface area is 155 Å². The number of likely N-dealkylation sites (N-methyl/N-ethyl adjacent to an activating group) is 1. The smallest absolute Gasteiger partial charge is 0.238 e. The summed E-state index contributed by atoms with van der Waals surface area (Å²) < 4.78 is 22.6. The van der Waals surface area contributed by atoms with E-state index < -0.39 is 10.0 Å². The highest BCUT2D eigenvalue weighted by molar-refractivity contribution is 7.89. The summed E-state index contributed by atoms with van der Waals surface area (Å²) in [6.07, 6.45) is 0. The number of sulfonamides is 1. The second-order valence-electron chi connectivity index (χ2n) is 6.42. The normalized spacial score (nSPS) is 14.0. The lowest BCUT2D eigenvalue weighted by Crippen LogP contribution is -2.43. The Morgan fingerprint density at radius 2 is 1.65 bits per heavy atom. The maximum absolute atomic E-state index is 12.5. The van der Waals surface area contributed by atoms with E-state index in [1.807, 2.05) is 56.1 Å². The van der Waals surface area contributed by atoms with E-state index in [0.29, 0.717) is 6.54 Å². The number of nitrogens with two attached hydrogens (primary N) is 1. The summed E-state index contributed by atoms with van der Waals surface area (Å²) in [7, 11) is -1.81. The van der Waals surface area contributed by atoms with Crippen molar-refractivity contribution in [1.29, 1.82) is 0 Å². The van der Waals surface area contributed by atoms with E-state index in [1.54, 1.807) is 12.1 Å². The van der Waals surface area contributed by atoms with E-state index in [-0.39, 0.29) is 22.9 Å². The third-order valence-electron chi connectivity index (χ3n) is 4.38. The van der Waals surface area contributed by atoms with E-state index in [9.17, 15) is 13.2 Å². The number of carbonyl (C=O) groups is 1. The molecular formula is C19H25N3O3S. The van der Waals surface area contributed by atoms with Gasteiger partial charge in [0.1, 0.15) is 0 Å². The van der Waals surface area contributed by atoms with Crippen molar-refractivity contribution in [3.8, 4) is 0 Å². The molecule has 1 amide bonds. The Balaban J connectivity index is 1.97. The molecule has 0 spiro atoms. The molecule has 0 saturated carbocycles. The molecular weight excluding hydrogens is 350 g/mol. The van der Waals surface area contributed by atoms with Gasteiger partial charge in [-0.15, -0.1) is 0 Å². The van der Waals surface area contributed by atoms with Gasteiger partial charge in [0.2, 0.25) is 15.9 Å². The Bertz CT molecular complexity index is 836. The molecule has 6 nitrogen and oxygen atoms in total. The van der Waals surface area contributed by atoms with E-state index >= 15 is 0 Å². The Hall–Kier alpha value is -2.22. The standard InChI is InChI=1S/C19H25N3O3S/c1-14(17-9-11-18(12-10-17)26(20,24)25)21-19(23)15(2)22(3)13-16-7-5-4-6-8-16/h4-12,14-15H,13H2,1-3H3,(H,21,23)(H2,20,24,25)/t14-,15-/m0/s1. The molecule has 2 rings (SSSR count). The molecule has 0 aliphatic rings. The van der Waals surface area contributed by atoms with Crippen molar-refractivity contribution < 1.29 is 13.2 Å². The van der Waals surface area contributed by atoms with E-state index in [2.05, 4.69) is 5.32 Å². The van der Waals surface area contributed by atoms with Crippen LogP contribution < -0.4 is 10.5 Å².